The smallest absolute Gasteiger partial charge is 0.416 e. The van der Waals surface area contributed by atoms with Crippen LogP contribution in [0, 0.1) is 5.92 Å². The van der Waals surface area contributed by atoms with Gasteiger partial charge in [0.05, 0.1) is 5.56 Å². The Bertz CT molecular complexity index is 641. The second-order valence-corrected chi connectivity index (χ2v) is 8.12. The van der Waals surface area contributed by atoms with Gasteiger partial charge in [0.2, 0.25) is 0 Å². The van der Waals surface area contributed by atoms with Crippen molar-refractivity contribution in [2.24, 2.45) is 5.92 Å². The Kier molecular flexibility index (Phi) is 6.78. The van der Waals surface area contributed by atoms with E-state index in [1.54, 1.807) is 18.0 Å². The van der Waals surface area contributed by atoms with Gasteiger partial charge >= 0.3 is 12.3 Å². The second kappa shape index (κ2) is 8.50. The van der Waals surface area contributed by atoms with Gasteiger partial charge in [0.15, 0.2) is 0 Å². The summed E-state index contributed by atoms with van der Waals surface area (Å²) in [7, 11) is 1.79. The summed E-state index contributed by atoms with van der Waals surface area (Å²) < 4.78 is 44.8. The normalized spacial score (nSPS) is 19.7. The van der Waals surface area contributed by atoms with Crippen LogP contribution >= 0.6 is 0 Å². The van der Waals surface area contributed by atoms with Crippen molar-refractivity contribution in [3.63, 3.8) is 0 Å². The highest BCUT2D eigenvalue weighted by Gasteiger charge is 2.34. The van der Waals surface area contributed by atoms with Gasteiger partial charge in [-0.3, -0.25) is 0 Å². The minimum Gasteiger partial charge on any atom is -0.444 e. The van der Waals surface area contributed by atoms with E-state index in [9.17, 15) is 18.0 Å². The first-order valence-corrected chi connectivity index (χ1v) is 9.31. The third kappa shape index (κ3) is 6.13. The molecule has 0 aromatic heterocycles. The Labute approximate surface area is 159 Å². The summed E-state index contributed by atoms with van der Waals surface area (Å²) in [6.07, 6.45) is -3.06. The summed E-state index contributed by atoms with van der Waals surface area (Å²) in [6.45, 7) is 7.10. The van der Waals surface area contributed by atoms with E-state index in [4.69, 9.17) is 4.74 Å². The Morgan fingerprint density at radius 1 is 1.33 bits per heavy atom. The predicted octanol–water partition coefficient (Wildman–Crippen LogP) is 4.66. The van der Waals surface area contributed by atoms with Crippen molar-refractivity contribution < 1.29 is 22.7 Å². The van der Waals surface area contributed by atoms with Crippen molar-refractivity contribution >= 4 is 6.09 Å². The van der Waals surface area contributed by atoms with Crippen LogP contribution in [0.4, 0.5) is 18.0 Å². The number of likely N-dealkylation sites (tertiary alicyclic amines) is 1. The average molecular weight is 386 g/mol. The topological polar surface area (TPSA) is 41.6 Å². The molecule has 1 amide bonds. The van der Waals surface area contributed by atoms with Gasteiger partial charge in [-0.05, 0) is 58.2 Å². The summed E-state index contributed by atoms with van der Waals surface area (Å²) in [5.74, 6) is -0.0373. The maximum absolute atomic E-state index is 13.1. The van der Waals surface area contributed by atoms with E-state index < -0.39 is 17.3 Å². The molecule has 2 rings (SSSR count). The van der Waals surface area contributed by atoms with Gasteiger partial charge in [0.25, 0.3) is 0 Å². The first kappa shape index (κ1) is 21.5. The molecule has 2 unspecified atom stereocenters. The maximum Gasteiger partial charge on any atom is 0.416 e. The summed E-state index contributed by atoms with van der Waals surface area (Å²) in [6, 6.07) is 5.52. The molecule has 1 aliphatic rings. The molecule has 7 heteroatoms. The van der Waals surface area contributed by atoms with Gasteiger partial charge in [-0.1, -0.05) is 18.2 Å². The summed E-state index contributed by atoms with van der Waals surface area (Å²) in [5, 5.41) is 3.09. The molecule has 1 aromatic carbocycles. The van der Waals surface area contributed by atoms with Crippen molar-refractivity contribution in [1.29, 1.82) is 0 Å². The fourth-order valence-electron chi connectivity index (χ4n) is 3.55. The molecule has 1 aromatic rings. The fraction of sp³-hybridized carbons (Fsp3) is 0.650. The van der Waals surface area contributed by atoms with Crippen LogP contribution in [0.15, 0.2) is 24.3 Å². The number of carbonyl (C=O) groups excluding carboxylic acids is 1. The number of hydrogen-bond donors (Lipinski definition) is 1. The van der Waals surface area contributed by atoms with Crippen molar-refractivity contribution in [2.75, 3.05) is 26.7 Å². The maximum atomic E-state index is 13.1. The monoisotopic (exact) mass is 386 g/mol. The highest BCUT2D eigenvalue weighted by molar-refractivity contribution is 5.68. The molecular weight excluding hydrogens is 357 g/mol. The molecule has 1 saturated heterocycles. The molecule has 0 saturated carbocycles. The standard InChI is InChI=1S/C20H29F3N2O2/c1-19(2,3)27-18(26)25-10-6-8-15(13-25)17(12-24-4)14-7-5-9-16(11-14)20(21,22)23/h5,7,9,11,15,17,24H,6,8,10,12-13H2,1-4H3. The number of nitrogens with zero attached hydrogens (tertiary/aromatic N) is 1. The van der Waals surface area contributed by atoms with Gasteiger partial charge in [0.1, 0.15) is 5.60 Å². The SMILES string of the molecule is CNCC(c1cccc(C(F)(F)F)c1)C1CCCN(C(=O)OC(C)(C)C)C1. The molecule has 0 aliphatic carbocycles. The lowest BCUT2D eigenvalue weighted by molar-refractivity contribution is -0.137. The minimum absolute atomic E-state index is 0.0715. The average Bonchev–Trinajstić information content (AvgIpc) is 2.57. The molecule has 1 heterocycles. The largest absolute Gasteiger partial charge is 0.444 e. The Hall–Kier alpha value is -1.76. The second-order valence-electron chi connectivity index (χ2n) is 8.12. The van der Waals surface area contributed by atoms with E-state index in [2.05, 4.69) is 5.32 Å². The van der Waals surface area contributed by atoms with Crippen LogP contribution in [-0.2, 0) is 10.9 Å². The minimum atomic E-state index is -4.37. The van der Waals surface area contributed by atoms with Gasteiger partial charge in [-0.25, -0.2) is 4.79 Å². The number of nitrogens with one attached hydrogen (secondary N) is 1. The van der Waals surface area contributed by atoms with E-state index in [1.165, 1.54) is 12.1 Å². The zero-order chi connectivity index (χ0) is 20.2. The van der Waals surface area contributed by atoms with E-state index in [0.29, 0.717) is 25.2 Å². The highest BCUT2D eigenvalue weighted by Crippen LogP contribution is 2.35. The third-order valence-corrected chi connectivity index (χ3v) is 4.74. The molecule has 0 radical (unpaired) electrons. The number of rotatable bonds is 4. The number of likely N-dealkylation sites (N-methyl/N-ethyl adjacent to an activating group) is 1. The zero-order valence-corrected chi connectivity index (χ0v) is 16.4. The Morgan fingerprint density at radius 2 is 2.04 bits per heavy atom. The van der Waals surface area contributed by atoms with Crippen LogP contribution in [0.25, 0.3) is 0 Å². The number of halogens is 3. The first-order valence-electron chi connectivity index (χ1n) is 9.31. The lowest BCUT2D eigenvalue weighted by Crippen LogP contribution is -2.45. The molecule has 4 nitrogen and oxygen atoms in total. The number of benzene rings is 1. The van der Waals surface area contributed by atoms with E-state index in [1.807, 2.05) is 20.8 Å². The van der Waals surface area contributed by atoms with Crippen LogP contribution in [0.1, 0.15) is 50.7 Å². The van der Waals surface area contributed by atoms with Crippen LogP contribution in [0.3, 0.4) is 0 Å². The van der Waals surface area contributed by atoms with E-state index >= 15 is 0 Å². The van der Waals surface area contributed by atoms with Crippen LogP contribution in [0.5, 0.6) is 0 Å². The van der Waals surface area contributed by atoms with Gasteiger partial charge in [-0.2, -0.15) is 13.2 Å². The number of carbonyl (C=O) groups is 1. The summed E-state index contributed by atoms with van der Waals surface area (Å²) in [5.41, 5.74) is -0.564. The van der Waals surface area contributed by atoms with Crippen molar-refractivity contribution in [3.05, 3.63) is 35.4 Å². The molecule has 1 aliphatic heterocycles. The lowest BCUT2D eigenvalue weighted by atomic mass is 9.80. The van der Waals surface area contributed by atoms with Crippen LogP contribution < -0.4 is 5.32 Å². The number of alkyl halides is 3. The molecule has 2 atom stereocenters. The zero-order valence-electron chi connectivity index (χ0n) is 16.4. The number of amides is 1. The van der Waals surface area contributed by atoms with Gasteiger partial charge < -0.3 is 15.0 Å². The van der Waals surface area contributed by atoms with Crippen molar-refractivity contribution in [2.45, 2.75) is 51.3 Å². The Balaban J connectivity index is 2.20. The number of hydrogen-bond acceptors (Lipinski definition) is 3. The molecule has 0 bridgehead atoms. The third-order valence-electron chi connectivity index (χ3n) is 4.74. The molecule has 152 valence electrons. The summed E-state index contributed by atoms with van der Waals surface area (Å²) in [4.78, 5) is 14.1. The van der Waals surface area contributed by atoms with Crippen molar-refractivity contribution in [1.82, 2.24) is 10.2 Å². The quantitative estimate of drug-likeness (QED) is 0.819. The van der Waals surface area contributed by atoms with Crippen molar-refractivity contribution in [3.8, 4) is 0 Å². The molecule has 27 heavy (non-hydrogen) atoms. The van der Waals surface area contributed by atoms with E-state index in [-0.39, 0.29) is 17.9 Å². The van der Waals surface area contributed by atoms with E-state index in [0.717, 1.165) is 18.9 Å². The van der Waals surface area contributed by atoms with Crippen LogP contribution in [0.2, 0.25) is 0 Å². The molecular formula is C20H29F3N2O2. The molecule has 1 fully saturated rings. The van der Waals surface area contributed by atoms with Crippen LogP contribution in [-0.4, -0.2) is 43.3 Å². The Morgan fingerprint density at radius 3 is 2.63 bits per heavy atom. The highest BCUT2D eigenvalue weighted by atomic mass is 19.4. The first-order chi connectivity index (χ1) is 12.5. The van der Waals surface area contributed by atoms with Gasteiger partial charge in [0, 0.05) is 25.6 Å². The number of ether oxygens (including phenoxy) is 1. The molecule has 1 N–H and O–H groups in total. The fourth-order valence-corrected chi connectivity index (χ4v) is 3.55. The van der Waals surface area contributed by atoms with Gasteiger partial charge in [-0.15, -0.1) is 0 Å². The summed E-state index contributed by atoms with van der Waals surface area (Å²) >= 11 is 0. The lowest BCUT2D eigenvalue weighted by Gasteiger charge is -2.38. The molecule has 0 spiro atoms. The predicted molar refractivity (Wildman–Crippen MR) is 98.6 cm³/mol. The number of piperidine rings is 1.